The minimum absolute atomic E-state index is 0.0101. The molecule has 2 unspecified atom stereocenters. The third-order valence-corrected chi connectivity index (χ3v) is 4.62. The van der Waals surface area contributed by atoms with Crippen LogP contribution >= 0.6 is 11.8 Å². The number of esters is 1. The van der Waals surface area contributed by atoms with Crippen LogP contribution in [0, 0.1) is 22.7 Å². The molecule has 0 aromatic heterocycles. The Morgan fingerprint density at radius 2 is 1.64 bits per heavy atom. The zero-order chi connectivity index (χ0) is 17.8. The Balaban J connectivity index is 4.98. The van der Waals surface area contributed by atoms with Crippen molar-refractivity contribution in [2.45, 2.75) is 54.1 Å². The fourth-order valence-corrected chi connectivity index (χ4v) is 3.08. The molecule has 0 saturated carbocycles. The van der Waals surface area contributed by atoms with Gasteiger partial charge in [-0.1, -0.05) is 34.6 Å². The van der Waals surface area contributed by atoms with Gasteiger partial charge in [0, 0.05) is 5.75 Å². The number of halogens is 3. The summed E-state index contributed by atoms with van der Waals surface area (Å²) in [5, 5.41) is 0. The quantitative estimate of drug-likeness (QED) is 0.597. The van der Waals surface area contributed by atoms with Crippen molar-refractivity contribution in [3.05, 3.63) is 0 Å². The number of ether oxygens (including phenoxy) is 1. The maximum Gasteiger partial charge on any atom is 0.395 e. The molecule has 0 bridgehead atoms. The molecule has 0 rings (SSSR count). The van der Waals surface area contributed by atoms with Crippen molar-refractivity contribution in [3.63, 3.8) is 0 Å². The number of alkyl halides is 3. The summed E-state index contributed by atoms with van der Waals surface area (Å²) in [5.74, 6) is -2.26. The second kappa shape index (κ2) is 7.93. The van der Waals surface area contributed by atoms with Crippen molar-refractivity contribution >= 4 is 17.7 Å². The van der Waals surface area contributed by atoms with Crippen LogP contribution in [0.5, 0.6) is 0 Å². The fraction of sp³-hybridized carbons (Fsp3) is 0.938. The van der Waals surface area contributed by atoms with Crippen molar-refractivity contribution in [2.75, 3.05) is 18.6 Å². The Bertz CT molecular complexity index is 361. The molecule has 0 saturated heterocycles. The van der Waals surface area contributed by atoms with E-state index in [4.69, 9.17) is 4.74 Å². The van der Waals surface area contributed by atoms with Gasteiger partial charge in [0.2, 0.25) is 0 Å². The van der Waals surface area contributed by atoms with Crippen molar-refractivity contribution in [3.8, 4) is 0 Å². The second-order valence-corrected chi connectivity index (χ2v) is 8.51. The fourth-order valence-electron chi connectivity index (χ4n) is 2.39. The Kier molecular flexibility index (Phi) is 7.79. The number of rotatable bonds is 7. The van der Waals surface area contributed by atoms with E-state index in [1.807, 2.05) is 34.6 Å². The lowest BCUT2D eigenvalue weighted by Gasteiger charge is -2.37. The molecule has 0 amide bonds. The molecule has 132 valence electrons. The largest absolute Gasteiger partial charge is 0.465 e. The number of hydrogen-bond acceptors (Lipinski definition) is 3. The first kappa shape index (κ1) is 21.6. The van der Waals surface area contributed by atoms with Gasteiger partial charge < -0.3 is 4.74 Å². The lowest BCUT2D eigenvalue weighted by molar-refractivity contribution is -0.190. The highest BCUT2D eigenvalue weighted by Crippen LogP contribution is 2.40. The van der Waals surface area contributed by atoms with Crippen LogP contribution in [0.2, 0.25) is 0 Å². The normalized spacial score (nSPS) is 17.2. The minimum Gasteiger partial charge on any atom is -0.465 e. The van der Waals surface area contributed by atoms with Gasteiger partial charge >= 0.3 is 12.1 Å². The number of carbonyl (C=O) groups is 1. The summed E-state index contributed by atoms with van der Waals surface area (Å²) >= 11 is 1.10. The molecule has 0 fully saturated rings. The molecule has 6 heteroatoms. The van der Waals surface area contributed by atoms with Crippen molar-refractivity contribution in [1.82, 2.24) is 0 Å². The first-order chi connectivity index (χ1) is 9.74. The first-order valence-electron chi connectivity index (χ1n) is 7.47. The standard InChI is InChI=1S/C16H29F3O2S/c1-11(2)15(6,10-14(3,4)5)13(20)21-8-12(9-22-7)16(17,18)19/h11-12H,8-10H2,1-7H3. The van der Waals surface area contributed by atoms with Gasteiger partial charge in [-0.15, -0.1) is 0 Å². The molecule has 0 heterocycles. The van der Waals surface area contributed by atoms with Gasteiger partial charge in [0.05, 0.1) is 11.3 Å². The van der Waals surface area contributed by atoms with E-state index in [0.29, 0.717) is 6.42 Å². The average molecular weight is 342 g/mol. The third-order valence-electron chi connectivity index (χ3n) is 3.88. The van der Waals surface area contributed by atoms with Crippen LogP contribution in [0.25, 0.3) is 0 Å². The van der Waals surface area contributed by atoms with Crippen LogP contribution in [-0.2, 0) is 9.53 Å². The molecule has 0 aromatic rings. The Morgan fingerprint density at radius 3 is 1.95 bits per heavy atom. The third kappa shape index (κ3) is 6.80. The monoisotopic (exact) mass is 342 g/mol. The number of hydrogen-bond donors (Lipinski definition) is 0. The Morgan fingerprint density at radius 1 is 1.14 bits per heavy atom. The van der Waals surface area contributed by atoms with Gasteiger partial charge in [-0.2, -0.15) is 24.9 Å². The molecule has 0 radical (unpaired) electrons. The van der Waals surface area contributed by atoms with Crippen molar-refractivity contribution in [2.24, 2.45) is 22.7 Å². The van der Waals surface area contributed by atoms with Gasteiger partial charge in [0.25, 0.3) is 0 Å². The zero-order valence-corrected chi connectivity index (χ0v) is 15.5. The topological polar surface area (TPSA) is 26.3 Å². The van der Waals surface area contributed by atoms with E-state index < -0.39 is 30.1 Å². The zero-order valence-electron chi connectivity index (χ0n) is 14.6. The van der Waals surface area contributed by atoms with Crippen LogP contribution in [0.1, 0.15) is 48.0 Å². The minimum atomic E-state index is -4.35. The molecule has 0 aliphatic carbocycles. The summed E-state index contributed by atoms with van der Waals surface area (Å²) in [5.41, 5.74) is -0.894. The van der Waals surface area contributed by atoms with Crippen LogP contribution in [0.3, 0.4) is 0 Å². The predicted octanol–water partition coefficient (Wildman–Crippen LogP) is 5.17. The first-order valence-corrected chi connectivity index (χ1v) is 8.86. The van der Waals surface area contributed by atoms with E-state index in [9.17, 15) is 18.0 Å². The second-order valence-electron chi connectivity index (χ2n) is 7.60. The smallest absolute Gasteiger partial charge is 0.395 e. The summed E-state index contributed by atoms with van der Waals surface area (Å²) in [6.07, 6.45) is -2.17. The van der Waals surface area contributed by atoms with Gasteiger partial charge in [-0.3, -0.25) is 4.79 Å². The molecule has 0 aliphatic rings. The molecule has 2 nitrogen and oxygen atoms in total. The summed E-state index contributed by atoms with van der Waals surface area (Å²) in [4.78, 5) is 12.4. The van der Waals surface area contributed by atoms with Gasteiger partial charge in [0.15, 0.2) is 0 Å². The lowest BCUT2D eigenvalue weighted by Crippen LogP contribution is -2.40. The maximum atomic E-state index is 12.9. The highest BCUT2D eigenvalue weighted by molar-refractivity contribution is 7.98. The van der Waals surface area contributed by atoms with Gasteiger partial charge in [0.1, 0.15) is 6.61 Å². The summed E-state index contributed by atoms with van der Waals surface area (Å²) < 4.78 is 43.7. The summed E-state index contributed by atoms with van der Waals surface area (Å²) in [7, 11) is 0. The Labute approximate surface area is 136 Å². The van der Waals surface area contributed by atoms with Crippen LogP contribution < -0.4 is 0 Å². The van der Waals surface area contributed by atoms with E-state index in [1.54, 1.807) is 13.2 Å². The molecule has 22 heavy (non-hydrogen) atoms. The number of carbonyl (C=O) groups excluding carboxylic acids is 1. The van der Waals surface area contributed by atoms with E-state index in [-0.39, 0.29) is 17.1 Å². The maximum absolute atomic E-state index is 12.9. The van der Waals surface area contributed by atoms with Gasteiger partial charge in [-0.05, 0) is 30.9 Å². The predicted molar refractivity (Wildman–Crippen MR) is 85.9 cm³/mol. The van der Waals surface area contributed by atoms with E-state index in [1.165, 1.54) is 0 Å². The van der Waals surface area contributed by atoms with Crippen molar-refractivity contribution < 1.29 is 22.7 Å². The molecular formula is C16H29F3O2S. The molecule has 0 aliphatic heterocycles. The average Bonchev–Trinajstić information content (AvgIpc) is 2.29. The van der Waals surface area contributed by atoms with Crippen LogP contribution in [0.15, 0.2) is 0 Å². The Hall–Kier alpha value is -0.390. The van der Waals surface area contributed by atoms with Crippen molar-refractivity contribution in [1.29, 1.82) is 0 Å². The molecule has 0 spiro atoms. The molecular weight excluding hydrogens is 313 g/mol. The summed E-state index contributed by atoms with van der Waals surface area (Å²) in [6, 6.07) is 0. The number of thioether (sulfide) groups is 1. The molecule has 0 N–H and O–H groups in total. The highest BCUT2D eigenvalue weighted by atomic mass is 32.2. The van der Waals surface area contributed by atoms with Crippen LogP contribution in [0.4, 0.5) is 13.2 Å². The summed E-state index contributed by atoms with van der Waals surface area (Å²) in [6.45, 7) is 11.0. The van der Waals surface area contributed by atoms with E-state index in [0.717, 1.165) is 11.8 Å². The molecule has 2 atom stereocenters. The van der Waals surface area contributed by atoms with Gasteiger partial charge in [-0.25, -0.2) is 0 Å². The van der Waals surface area contributed by atoms with Crippen LogP contribution in [-0.4, -0.2) is 30.8 Å². The molecule has 0 aromatic carbocycles. The van der Waals surface area contributed by atoms with E-state index >= 15 is 0 Å². The SMILES string of the molecule is CSCC(COC(=O)C(C)(CC(C)(C)C)C(C)C)C(F)(F)F. The lowest BCUT2D eigenvalue weighted by atomic mass is 9.69. The highest BCUT2D eigenvalue weighted by Gasteiger charge is 2.44. The van der Waals surface area contributed by atoms with E-state index in [2.05, 4.69) is 0 Å².